The van der Waals surface area contributed by atoms with Crippen molar-refractivity contribution in [1.82, 2.24) is 15.1 Å². The molecule has 2 saturated heterocycles. The Bertz CT molecular complexity index is 326. The first-order valence-electron chi connectivity index (χ1n) is 6.60. The molecular weight excluding hydrogens is 230 g/mol. The second-order valence-electron chi connectivity index (χ2n) is 5.08. The normalized spacial score (nSPS) is 23.8. The van der Waals surface area contributed by atoms with E-state index in [4.69, 9.17) is 0 Å². The minimum Gasteiger partial charge on any atom is -0.314 e. The van der Waals surface area contributed by atoms with E-state index in [1.165, 1.54) is 57.8 Å². The van der Waals surface area contributed by atoms with Crippen molar-refractivity contribution in [3.63, 3.8) is 0 Å². The minimum atomic E-state index is 0.833. The summed E-state index contributed by atoms with van der Waals surface area (Å²) < 4.78 is 0. The van der Waals surface area contributed by atoms with Crippen LogP contribution in [0.2, 0.25) is 0 Å². The van der Waals surface area contributed by atoms with Gasteiger partial charge in [-0.2, -0.15) is 11.3 Å². The minimum absolute atomic E-state index is 0.833. The van der Waals surface area contributed by atoms with E-state index in [0.29, 0.717) is 0 Å². The van der Waals surface area contributed by atoms with E-state index in [0.717, 1.165) is 6.04 Å². The van der Waals surface area contributed by atoms with E-state index in [2.05, 4.69) is 31.9 Å². The highest BCUT2D eigenvalue weighted by molar-refractivity contribution is 7.07. The van der Waals surface area contributed by atoms with Crippen LogP contribution in [0.5, 0.6) is 0 Å². The first-order chi connectivity index (χ1) is 8.42. The molecule has 0 spiro atoms. The summed E-state index contributed by atoms with van der Waals surface area (Å²) in [6.45, 7) is 8.62. The Morgan fingerprint density at radius 2 is 2.12 bits per heavy atom. The van der Waals surface area contributed by atoms with E-state index in [9.17, 15) is 0 Å². The smallest absolute Gasteiger partial charge is 0.0351 e. The first kappa shape index (κ1) is 11.7. The monoisotopic (exact) mass is 251 g/mol. The lowest BCUT2D eigenvalue weighted by Crippen LogP contribution is -2.62. The number of hydrogen-bond donors (Lipinski definition) is 1. The van der Waals surface area contributed by atoms with Crippen LogP contribution >= 0.6 is 11.3 Å². The Hall–Kier alpha value is -0.420. The molecule has 1 aromatic heterocycles. The third-order valence-corrected chi connectivity index (χ3v) is 4.63. The van der Waals surface area contributed by atoms with Crippen LogP contribution in [0, 0.1) is 0 Å². The standard InChI is InChI=1S/C13H21N3S/c1(12-2-8-17-11-12)5-15-9-13(10-15)16-6-3-14-4-7-16/h2,8,11,13-14H,1,3-7,9-10H2. The zero-order chi connectivity index (χ0) is 11.5. The predicted octanol–water partition coefficient (Wildman–Crippen LogP) is 0.880. The molecule has 0 amide bonds. The Labute approximate surface area is 107 Å². The molecule has 0 bridgehead atoms. The van der Waals surface area contributed by atoms with Crippen molar-refractivity contribution in [3.8, 4) is 0 Å². The summed E-state index contributed by atoms with van der Waals surface area (Å²) in [6.07, 6.45) is 1.22. The Morgan fingerprint density at radius 1 is 1.29 bits per heavy atom. The number of rotatable bonds is 4. The average molecular weight is 251 g/mol. The lowest BCUT2D eigenvalue weighted by molar-refractivity contribution is 0.0282. The SMILES string of the molecule is c1cc(CCN2CC(N3CCNCC3)C2)cs1. The molecule has 0 saturated carbocycles. The van der Waals surface area contributed by atoms with Gasteiger partial charge < -0.3 is 5.32 Å². The van der Waals surface area contributed by atoms with Crippen LogP contribution in [-0.2, 0) is 6.42 Å². The summed E-state index contributed by atoms with van der Waals surface area (Å²) in [4.78, 5) is 5.24. The highest BCUT2D eigenvalue weighted by Gasteiger charge is 2.31. The zero-order valence-electron chi connectivity index (χ0n) is 10.3. The molecule has 1 aromatic rings. The second-order valence-corrected chi connectivity index (χ2v) is 5.86. The number of nitrogens with one attached hydrogen (secondary N) is 1. The molecule has 2 fully saturated rings. The fraction of sp³-hybridized carbons (Fsp3) is 0.692. The van der Waals surface area contributed by atoms with E-state index in [1.807, 2.05) is 0 Å². The van der Waals surface area contributed by atoms with Gasteiger partial charge in [-0.15, -0.1) is 0 Å². The van der Waals surface area contributed by atoms with Gasteiger partial charge in [-0.1, -0.05) is 0 Å². The van der Waals surface area contributed by atoms with E-state index < -0.39 is 0 Å². The van der Waals surface area contributed by atoms with Crippen molar-refractivity contribution in [1.29, 1.82) is 0 Å². The molecule has 4 heteroatoms. The molecule has 3 heterocycles. The molecule has 0 unspecified atom stereocenters. The maximum Gasteiger partial charge on any atom is 0.0351 e. The molecule has 3 rings (SSSR count). The van der Waals surface area contributed by atoms with Crippen molar-refractivity contribution in [3.05, 3.63) is 22.4 Å². The number of likely N-dealkylation sites (tertiary alicyclic amines) is 1. The van der Waals surface area contributed by atoms with Gasteiger partial charge in [-0.3, -0.25) is 9.80 Å². The first-order valence-corrected chi connectivity index (χ1v) is 7.54. The van der Waals surface area contributed by atoms with Gasteiger partial charge in [0.25, 0.3) is 0 Å². The van der Waals surface area contributed by atoms with Crippen molar-refractivity contribution in [2.45, 2.75) is 12.5 Å². The maximum atomic E-state index is 3.42. The number of piperazine rings is 1. The summed E-state index contributed by atoms with van der Waals surface area (Å²) in [6, 6.07) is 3.08. The van der Waals surface area contributed by atoms with E-state index >= 15 is 0 Å². The topological polar surface area (TPSA) is 18.5 Å². The van der Waals surface area contributed by atoms with Gasteiger partial charge in [0.05, 0.1) is 0 Å². The maximum absolute atomic E-state index is 3.42. The van der Waals surface area contributed by atoms with E-state index in [1.54, 1.807) is 11.3 Å². The molecule has 0 aromatic carbocycles. The second kappa shape index (κ2) is 5.48. The molecule has 3 nitrogen and oxygen atoms in total. The summed E-state index contributed by atoms with van der Waals surface area (Å²) >= 11 is 1.81. The predicted molar refractivity (Wildman–Crippen MR) is 72.7 cm³/mol. The van der Waals surface area contributed by atoms with Gasteiger partial charge in [-0.25, -0.2) is 0 Å². The van der Waals surface area contributed by atoms with Crippen LogP contribution in [0.15, 0.2) is 16.8 Å². The molecule has 1 N–H and O–H groups in total. The van der Waals surface area contributed by atoms with Gasteiger partial charge in [0.1, 0.15) is 0 Å². The van der Waals surface area contributed by atoms with Crippen molar-refractivity contribution >= 4 is 11.3 Å². The largest absolute Gasteiger partial charge is 0.314 e. The molecular formula is C13H21N3S. The summed E-state index contributed by atoms with van der Waals surface area (Å²) in [5.41, 5.74) is 1.50. The Kier molecular flexibility index (Phi) is 3.76. The summed E-state index contributed by atoms with van der Waals surface area (Å²) in [5, 5.41) is 7.87. The van der Waals surface area contributed by atoms with Crippen LogP contribution in [-0.4, -0.2) is 61.7 Å². The van der Waals surface area contributed by atoms with E-state index in [-0.39, 0.29) is 0 Å². The quantitative estimate of drug-likeness (QED) is 0.857. The zero-order valence-corrected chi connectivity index (χ0v) is 11.1. The van der Waals surface area contributed by atoms with Gasteiger partial charge in [0.2, 0.25) is 0 Å². The highest BCUT2D eigenvalue weighted by Crippen LogP contribution is 2.16. The summed E-state index contributed by atoms with van der Waals surface area (Å²) in [5.74, 6) is 0. The van der Waals surface area contributed by atoms with Crippen LogP contribution < -0.4 is 5.32 Å². The number of thiophene rings is 1. The fourth-order valence-corrected chi connectivity index (χ4v) is 3.43. The van der Waals surface area contributed by atoms with Crippen LogP contribution in [0.4, 0.5) is 0 Å². The van der Waals surface area contributed by atoms with Crippen molar-refractivity contribution in [2.24, 2.45) is 0 Å². The average Bonchev–Trinajstić information content (AvgIpc) is 2.81. The molecule has 2 aliphatic rings. The molecule has 17 heavy (non-hydrogen) atoms. The lowest BCUT2D eigenvalue weighted by atomic mass is 10.1. The van der Waals surface area contributed by atoms with Crippen molar-refractivity contribution < 1.29 is 0 Å². The van der Waals surface area contributed by atoms with Gasteiger partial charge in [-0.05, 0) is 28.8 Å². The third-order valence-electron chi connectivity index (χ3n) is 3.90. The molecule has 0 aliphatic carbocycles. The molecule has 0 atom stereocenters. The third kappa shape index (κ3) is 2.88. The number of nitrogens with zero attached hydrogens (tertiary/aromatic N) is 2. The van der Waals surface area contributed by atoms with Crippen LogP contribution in [0.25, 0.3) is 0 Å². The Balaban J connectivity index is 1.36. The van der Waals surface area contributed by atoms with Crippen LogP contribution in [0.1, 0.15) is 5.56 Å². The van der Waals surface area contributed by atoms with Gasteiger partial charge >= 0.3 is 0 Å². The number of hydrogen-bond acceptors (Lipinski definition) is 4. The highest BCUT2D eigenvalue weighted by atomic mass is 32.1. The molecule has 94 valence electrons. The molecule has 2 aliphatic heterocycles. The lowest BCUT2D eigenvalue weighted by Gasteiger charge is -2.46. The van der Waals surface area contributed by atoms with Crippen LogP contribution in [0.3, 0.4) is 0 Å². The molecule has 0 radical (unpaired) electrons. The summed E-state index contributed by atoms with van der Waals surface area (Å²) in [7, 11) is 0. The Morgan fingerprint density at radius 3 is 2.82 bits per heavy atom. The van der Waals surface area contributed by atoms with Gasteiger partial charge in [0.15, 0.2) is 0 Å². The van der Waals surface area contributed by atoms with Gasteiger partial charge in [0, 0.05) is 51.9 Å². The van der Waals surface area contributed by atoms with Crippen molar-refractivity contribution in [2.75, 3.05) is 45.8 Å². The fourth-order valence-electron chi connectivity index (χ4n) is 2.73.